The van der Waals surface area contributed by atoms with Crippen LogP contribution in [0.2, 0.25) is 5.02 Å². The zero-order valence-corrected chi connectivity index (χ0v) is 17.1. The topological polar surface area (TPSA) is 48.2 Å². The lowest BCUT2D eigenvalue weighted by Crippen LogP contribution is -2.05. The molecule has 0 aliphatic rings. The highest BCUT2D eigenvalue weighted by Crippen LogP contribution is 2.30. The van der Waals surface area contributed by atoms with Gasteiger partial charge in [0.1, 0.15) is 5.75 Å². The lowest BCUT2D eigenvalue weighted by molar-refractivity contribution is 0.242. The summed E-state index contributed by atoms with van der Waals surface area (Å²) in [6.45, 7) is 3.92. The van der Waals surface area contributed by atoms with Gasteiger partial charge in [-0.1, -0.05) is 71.4 Å². The van der Waals surface area contributed by atoms with Crippen LogP contribution in [0.25, 0.3) is 22.5 Å². The molecule has 0 aliphatic carbocycles. The molecule has 3 aromatic carbocycles. The molecule has 0 amide bonds. The van der Waals surface area contributed by atoms with Gasteiger partial charge in [0.25, 0.3) is 0 Å². The molecule has 0 unspecified atom stereocenters. The van der Waals surface area contributed by atoms with Gasteiger partial charge in [0, 0.05) is 5.56 Å². The molecule has 0 bridgehead atoms. The third kappa shape index (κ3) is 4.66. The molecule has 0 radical (unpaired) electrons. The van der Waals surface area contributed by atoms with Crippen LogP contribution >= 0.6 is 11.6 Å². The molecule has 1 aromatic heterocycles. The van der Waals surface area contributed by atoms with Crippen LogP contribution in [0.15, 0.2) is 77.3 Å². The van der Waals surface area contributed by atoms with Crippen molar-refractivity contribution >= 4 is 11.6 Å². The molecule has 0 spiro atoms. The van der Waals surface area contributed by atoms with E-state index in [1.54, 1.807) is 6.07 Å². The van der Waals surface area contributed by atoms with E-state index in [-0.39, 0.29) is 6.10 Å². The maximum atomic E-state index is 6.31. The quantitative estimate of drug-likeness (QED) is 0.371. The van der Waals surface area contributed by atoms with E-state index in [4.69, 9.17) is 20.9 Å². The van der Waals surface area contributed by atoms with Crippen molar-refractivity contribution in [1.29, 1.82) is 0 Å². The molecule has 0 aliphatic heterocycles. The molecule has 0 saturated carbocycles. The molecule has 146 valence electrons. The number of hydrogen-bond acceptors (Lipinski definition) is 4. The van der Waals surface area contributed by atoms with Crippen molar-refractivity contribution < 1.29 is 9.26 Å². The molecular weight excluding hydrogens is 384 g/mol. The number of ether oxygens (including phenoxy) is 1. The van der Waals surface area contributed by atoms with Crippen molar-refractivity contribution in [2.45, 2.75) is 26.4 Å². The second-order valence-corrected chi connectivity index (χ2v) is 7.47. The van der Waals surface area contributed by atoms with E-state index in [1.165, 1.54) is 11.1 Å². The maximum absolute atomic E-state index is 6.31. The van der Waals surface area contributed by atoms with Gasteiger partial charge in [0.05, 0.1) is 17.5 Å². The van der Waals surface area contributed by atoms with Gasteiger partial charge in [-0.15, -0.1) is 0 Å². The van der Waals surface area contributed by atoms with E-state index < -0.39 is 0 Å². The van der Waals surface area contributed by atoms with Crippen molar-refractivity contribution in [3.8, 4) is 28.3 Å². The number of aromatic nitrogens is 2. The normalized spacial score (nSPS) is 11.0. The summed E-state index contributed by atoms with van der Waals surface area (Å²) in [5.41, 5.74) is 4.28. The zero-order chi connectivity index (χ0) is 20.2. The Hall–Kier alpha value is -3.11. The Bertz CT molecular complexity index is 1090. The van der Waals surface area contributed by atoms with Crippen LogP contribution in [0.5, 0.6) is 5.75 Å². The first-order valence-electron chi connectivity index (χ1n) is 9.52. The van der Waals surface area contributed by atoms with Gasteiger partial charge in [-0.25, -0.2) is 0 Å². The molecule has 5 heteroatoms. The minimum Gasteiger partial charge on any atom is -0.489 e. The summed E-state index contributed by atoms with van der Waals surface area (Å²) in [5, 5.41) is 4.62. The monoisotopic (exact) mass is 404 g/mol. The van der Waals surface area contributed by atoms with Crippen molar-refractivity contribution in [2.24, 2.45) is 0 Å². The van der Waals surface area contributed by atoms with Gasteiger partial charge in [0.2, 0.25) is 11.7 Å². The average molecular weight is 405 g/mol. The number of halogens is 1. The summed E-state index contributed by atoms with van der Waals surface area (Å²) in [5.74, 6) is 1.72. The fourth-order valence-electron chi connectivity index (χ4n) is 3.05. The van der Waals surface area contributed by atoms with Crippen molar-refractivity contribution in [3.05, 3.63) is 89.3 Å². The Morgan fingerprint density at radius 1 is 0.897 bits per heavy atom. The van der Waals surface area contributed by atoms with Crippen LogP contribution in [0.1, 0.15) is 25.3 Å². The first-order chi connectivity index (χ1) is 14.1. The lowest BCUT2D eigenvalue weighted by atomic mass is 10.0. The molecule has 4 nitrogen and oxygen atoms in total. The molecule has 0 atom stereocenters. The lowest BCUT2D eigenvalue weighted by Gasteiger charge is -2.11. The number of hydrogen-bond donors (Lipinski definition) is 0. The summed E-state index contributed by atoms with van der Waals surface area (Å²) in [6, 6.07) is 24.2. The zero-order valence-electron chi connectivity index (χ0n) is 16.3. The Morgan fingerprint density at radius 3 is 2.28 bits per heavy atom. The summed E-state index contributed by atoms with van der Waals surface area (Å²) < 4.78 is 11.1. The second kappa shape index (κ2) is 8.50. The highest BCUT2D eigenvalue weighted by molar-refractivity contribution is 6.32. The molecule has 0 N–H and O–H groups in total. The third-order valence-corrected chi connectivity index (χ3v) is 4.73. The van der Waals surface area contributed by atoms with Crippen LogP contribution in [0.4, 0.5) is 0 Å². The van der Waals surface area contributed by atoms with Crippen molar-refractivity contribution in [1.82, 2.24) is 10.1 Å². The fraction of sp³-hybridized carbons (Fsp3) is 0.167. The van der Waals surface area contributed by atoms with Gasteiger partial charge in [-0.2, -0.15) is 4.98 Å². The Morgan fingerprint density at radius 2 is 1.59 bits per heavy atom. The second-order valence-electron chi connectivity index (χ2n) is 7.06. The van der Waals surface area contributed by atoms with E-state index in [0.29, 0.717) is 28.9 Å². The minimum atomic E-state index is 0.0587. The highest BCUT2D eigenvalue weighted by Gasteiger charge is 2.12. The molecule has 29 heavy (non-hydrogen) atoms. The van der Waals surface area contributed by atoms with Gasteiger partial charge < -0.3 is 9.26 Å². The number of nitrogens with zero attached hydrogens (tertiary/aromatic N) is 2. The first-order valence-corrected chi connectivity index (χ1v) is 9.90. The Kier molecular flexibility index (Phi) is 5.63. The largest absolute Gasteiger partial charge is 0.489 e. The molecule has 1 heterocycles. The SMILES string of the molecule is CC(C)Oc1ccc(-c2noc(Cc3ccc(-c4ccccc4)cc3)n2)cc1Cl. The van der Waals surface area contributed by atoms with Crippen LogP contribution in [-0.2, 0) is 6.42 Å². The first kappa shape index (κ1) is 19.2. The molecule has 4 rings (SSSR count). The predicted octanol–water partition coefficient (Wildman–Crippen LogP) is 6.44. The number of rotatable bonds is 6. The third-order valence-electron chi connectivity index (χ3n) is 4.44. The van der Waals surface area contributed by atoms with E-state index in [0.717, 1.165) is 11.1 Å². The average Bonchev–Trinajstić information content (AvgIpc) is 3.19. The summed E-state index contributed by atoms with van der Waals surface area (Å²) >= 11 is 6.31. The van der Waals surface area contributed by atoms with Gasteiger partial charge >= 0.3 is 0 Å². The van der Waals surface area contributed by atoms with Crippen LogP contribution in [0.3, 0.4) is 0 Å². The standard InChI is InChI=1S/C24H21ClN2O2/c1-16(2)28-22-13-12-20(15-21(22)25)24-26-23(29-27-24)14-17-8-10-19(11-9-17)18-6-4-3-5-7-18/h3-13,15-16H,14H2,1-2H3. The van der Waals surface area contributed by atoms with Gasteiger partial charge in [-0.05, 0) is 48.7 Å². The van der Waals surface area contributed by atoms with E-state index in [2.05, 4.69) is 46.5 Å². The highest BCUT2D eigenvalue weighted by atomic mass is 35.5. The van der Waals surface area contributed by atoms with E-state index in [9.17, 15) is 0 Å². The van der Waals surface area contributed by atoms with Crippen molar-refractivity contribution in [2.75, 3.05) is 0 Å². The van der Waals surface area contributed by atoms with Crippen LogP contribution in [-0.4, -0.2) is 16.2 Å². The fourth-order valence-corrected chi connectivity index (χ4v) is 3.28. The minimum absolute atomic E-state index is 0.0587. The van der Waals surface area contributed by atoms with E-state index >= 15 is 0 Å². The molecule has 0 fully saturated rings. The van der Waals surface area contributed by atoms with Gasteiger partial charge in [-0.3, -0.25) is 0 Å². The summed E-state index contributed by atoms with van der Waals surface area (Å²) in [7, 11) is 0. The molecular formula is C24H21ClN2O2. The maximum Gasteiger partial charge on any atom is 0.231 e. The number of benzene rings is 3. The predicted molar refractivity (Wildman–Crippen MR) is 115 cm³/mol. The smallest absolute Gasteiger partial charge is 0.231 e. The molecule has 4 aromatic rings. The van der Waals surface area contributed by atoms with E-state index in [1.807, 2.05) is 44.2 Å². The van der Waals surface area contributed by atoms with Crippen LogP contribution < -0.4 is 4.74 Å². The van der Waals surface area contributed by atoms with Crippen molar-refractivity contribution in [3.63, 3.8) is 0 Å². The Balaban J connectivity index is 1.47. The molecule has 0 saturated heterocycles. The Labute approximate surface area is 175 Å². The summed E-state index contributed by atoms with van der Waals surface area (Å²) in [6.07, 6.45) is 0.632. The van der Waals surface area contributed by atoms with Crippen LogP contribution in [0, 0.1) is 0 Å². The summed E-state index contributed by atoms with van der Waals surface area (Å²) in [4.78, 5) is 4.51. The van der Waals surface area contributed by atoms with Gasteiger partial charge in [0.15, 0.2) is 0 Å².